The number of ether oxygens (including phenoxy) is 1. The monoisotopic (exact) mass is 403 g/mol. The van der Waals surface area contributed by atoms with E-state index in [0.717, 1.165) is 37.7 Å². The second kappa shape index (κ2) is 7.71. The molecule has 0 bridgehead atoms. The lowest BCUT2D eigenvalue weighted by atomic mass is 9.91. The van der Waals surface area contributed by atoms with Crippen LogP contribution in [0, 0.1) is 29.4 Å². The summed E-state index contributed by atoms with van der Waals surface area (Å²) in [4.78, 5) is 11.5. The van der Waals surface area contributed by atoms with Gasteiger partial charge in [-0.3, -0.25) is 0 Å². The molecule has 3 rings (SSSR count). The third kappa shape index (κ3) is 4.76. The van der Waals surface area contributed by atoms with Crippen molar-refractivity contribution in [2.75, 3.05) is 26.0 Å². The number of likely N-dealkylation sites (tertiary alicyclic amines) is 1. The largest absolute Gasteiger partial charge is 0.465 e. The van der Waals surface area contributed by atoms with Crippen molar-refractivity contribution in [1.82, 2.24) is 4.90 Å². The summed E-state index contributed by atoms with van der Waals surface area (Å²) in [5, 5.41) is 8.97. The number of nitrogens with zero attached hydrogens (tertiary/aromatic N) is 1. The van der Waals surface area contributed by atoms with Gasteiger partial charge in [0.15, 0.2) is 9.84 Å². The summed E-state index contributed by atoms with van der Waals surface area (Å²) >= 11 is 0. The number of hydrogen-bond acceptors (Lipinski definition) is 4. The van der Waals surface area contributed by atoms with Gasteiger partial charge in [0.2, 0.25) is 0 Å². The Kier molecular flexibility index (Phi) is 5.71. The van der Waals surface area contributed by atoms with E-state index in [4.69, 9.17) is 9.84 Å². The van der Waals surface area contributed by atoms with Gasteiger partial charge in [-0.2, -0.15) is 0 Å². The zero-order valence-electron chi connectivity index (χ0n) is 15.0. The molecular formula is C18H23F2NO5S. The molecule has 0 radical (unpaired) electrons. The third-order valence-corrected chi connectivity index (χ3v) is 6.55. The SMILES string of the molecule is CS(=O)(=O)c1c(F)cc(COC[C@@H]2C[C@@H]2C2CCN(C(=O)O)CC2)cc1F. The molecule has 150 valence electrons. The van der Waals surface area contributed by atoms with Gasteiger partial charge in [0, 0.05) is 19.3 Å². The third-order valence-electron chi connectivity index (χ3n) is 5.42. The molecule has 6 nitrogen and oxygen atoms in total. The lowest BCUT2D eigenvalue weighted by Gasteiger charge is -2.30. The second-order valence-electron chi connectivity index (χ2n) is 7.44. The van der Waals surface area contributed by atoms with E-state index in [1.807, 2.05) is 0 Å². The van der Waals surface area contributed by atoms with Crippen LogP contribution in [0.15, 0.2) is 17.0 Å². The van der Waals surface area contributed by atoms with Crippen molar-refractivity contribution in [3.63, 3.8) is 0 Å². The van der Waals surface area contributed by atoms with Crippen molar-refractivity contribution in [1.29, 1.82) is 0 Å². The number of piperidine rings is 1. The van der Waals surface area contributed by atoms with E-state index in [1.165, 1.54) is 4.90 Å². The summed E-state index contributed by atoms with van der Waals surface area (Å²) in [7, 11) is -3.96. The van der Waals surface area contributed by atoms with Crippen LogP contribution in [-0.4, -0.2) is 50.5 Å². The van der Waals surface area contributed by atoms with Crippen molar-refractivity contribution in [3.05, 3.63) is 29.3 Å². The van der Waals surface area contributed by atoms with E-state index in [1.54, 1.807) is 0 Å². The van der Waals surface area contributed by atoms with Crippen LogP contribution in [0.2, 0.25) is 0 Å². The van der Waals surface area contributed by atoms with Gasteiger partial charge in [-0.15, -0.1) is 0 Å². The lowest BCUT2D eigenvalue weighted by molar-refractivity contribution is 0.0964. The van der Waals surface area contributed by atoms with Gasteiger partial charge in [0.1, 0.15) is 16.5 Å². The molecule has 27 heavy (non-hydrogen) atoms. The first kappa shape index (κ1) is 20.0. The maximum Gasteiger partial charge on any atom is 0.407 e. The van der Waals surface area contributed by atoms with Gasteiger partial charge < -0.3 is 14.7 Å². The standard InChI is InChI=1S/C18H23F2NO5S/c1-27(24,25)17-15(19)6-11(7-16(17)20)9-26-10-13-8-14(13)12-2-4-21(5-3-12)18(22)23/h6-7,12-14H,2-5,8-10H2,1H3,(H,22,23)/t13-,14+/m0/s1. The number of carboxylic acid groups (broad SMARTS) is 1. The quantitative estimate of drug-likeness (QED) is 0.790. The number of sulfone groups is 1. The highest BCUT2D eigenvalue weighted by atomic mass is 32.2. The molecule has 1 amide bonds. The lowest BCUT2D eigenvalue weighted by Crippen LogP contribution is -2.38. The van der Waals surface area contributed by atoms with Crippen LogP contribution >= 0.6 is 0 Å². The molecule has 1 N–H and O–H groups in total. The predicted octanol–water partition coefficient (Wildman–Crippen LogP) is 2.91. The zero-order valence-corrected chi connectivity index (χ0v) is 15.8. The topological polar surface area (TPSA) is 83.9 Å². The average molecular weight is 403 g/mol. The van der Waals surface area contributed by atoms with Crippen LogP contribution in [0.1, 0.15) is 24.8 Å². The highest BCUT2D eigenvalue weighted by molar-refractivity contribution is 7.90. The van der Waals surface area contributed by atoms with Crippen LogP contribution in [0.25, 0.3) is 0 Å². The van der Waals surface area contributed by atoms with Gasteiger partial charge in [0.25, 0.3) is 0 Å². The highest BCUT2D eigenvalue weighted by Gasteiger charge is 2.43. The summed E-state index contributed by atoms with van der Waals surface area (Å²) in [6, 6.07) is 1.98. The van der Waals surface area contributed by atoms with E-state index in [0.29, 0.717) is 37.5 Å². The molecular weight excluding hydrogens is 380 g/mol. The van der Waals surface area contributed by atoms with Gasteiger partial charge >= 0.3 is 6.09 Å². The van der Waals surface area contributed by atoms with Crippen molar-refractivity contribution in [3.8, 4) is 0 Å². The predicted molar refractivity (Wildman–Crippen MR) is 93.0 cm³/mol. The van der Waals surface area contributed by atoms with Gasteiger partial charge in [-0.05, 0) is 54.7 Å². The Morgan fingerprint density at radius 2 is 1.85 bits per heavy atom. The first-order valence-electron chi connectivity index (χ1n) is 8.90. The Hall–Kier alpha value is -1.74. The minimum atomic E-state index is -3.96. The van der Waals surface area contributed by atoms with Crippen molar-refractivity contribution < 1.29 is 31.8 Å². The molecule has 1 saturated heterocycles. The Balaban J connectivity index is 1.46. The minimum Gasteiger partial charge on any atom is -0.465 e. The molecule has 2 aliphatic rings. The molecule has 1 aliphatic heterocycles. The van der Waals surface area contributed by atoms with E-state index in [-0.39, 0.29) is 12.2 Å². The fraction of sp³-hybridized carbons (Fsp3) is 0.611. The number of hydrogen-bond donors (Lipinski definition) is 1. The van der Waals surface area contributed by atoms with Crippen molar-refractivity contribution in [2.45, 2.75) is 30.8 Å². The molecule has 1 aliphatic carbocycles. The van der Waals surface area contributed by atoms with E-state index < -0.39 is 32.5 Å². The Morgan fingerprint density at radius 3 is 2.37 bits per heavy atom. The number of rotatable bonds is 6. The first-order chi connectivity index (χ1) is 12.7. The average Bonchev–Trinajstić information content (AvgIpc) is 3.32. The van der Waals surface area contributed by atoms with Gasteiger partial charge in [-0.1, -0.05) is 0 Å². The summed E-state index contributed by atoms with van der Waals surface area (Å²) in [6.07, 6.45) is 2.63. The van der Waals surface area contributed by atoms with E-state index in [9.17, 15) is 22.0 Å². The van der Waals surface area contributed by atoms with Crippen LogP contribution in [-0.2, 0) is 21.2 Å². The fourth-order valence-electron chi connectivity index (χ4n) is 3.94. The molecule has 9 heteroatoms. The number of carbonyl (C=O) groups is 1. The zero-order chi connectivity index (χ0) is 19.8. The van der Waals surface area contributed by atoms with E-state index in [2.05, 4.69) is 0 Å². The molecule has 0 spiro atoms. The molecule has 0 unspecified atom stereocenters. The van der Waals surface area contributed by atoms with Crippen molar-refractivity contribution >= 4 is 15.9 Å². The summed E-state index contributed by atoms with van der Waals surface area (Å²) in [5.74, 6) is -0.812. The normalized spacial score (nSPS) is 23.4. The summed E-state index contributed by atoms with van der Waals surface area (Å²) < 4.78 is 56.1. The molecule has 0 aromatic heterocycles. The fourth-order valence-corrected chi connectivity index (χ4v) is 4.76. The first-order valence-corrected chi connectivity index (χ1v) is 10.8. The Labute approximate surface area is 157 Å². The molecule has 2 fully saturated rings. The number of amides is 1. The Morgan fingerprint density at radius 1 is 1.26 bits per heavy atom. The van der Waals surface area contributed by atoms with Crippen LogP contribution in [0.3, 0.4) is 0 Å². The maximum absolute atomic E-state index is 13.9. The minimum absolute atomic E-state index is 0.0125. The summed E-state index contributed by atoms with van der Waals surface area (Å²) in [5.41, 5.74) is 0.254. The number of halogens is 2. The Bertz CT molecular complexity index is 798. The number of benzene rings is 1. The summed E-state index contributed by atoms with van der Waals surface area (Å²) in [6.45, 7) is 1.62. The molecule has 1 aromatic carbocycles. The molecule has 1 aromatic rings. The second-order valence-corrected chi connectivity index (χ2v) is 9.40. The molecule has 1 heterocycles. The van der Waals surface area contributed by atoms with Crippen molar-refractivity contribution in [2.24, 2.45) is 17.8 Å². The maximum atomic E-state index is 13.9. The van der Waals surface area contributed by atoms with Crippen LogP contribution in [0.5, 0.6) is 0 Å². The molecule has 1 saturated carbocycles. The smallest absolute Gasteiger partial charge is 0.407 e. The molecule has 2 atom stereocenters. The van der Waals surface area contributed by atoms with Gasteiger partial charge in [0.05, 0.1) is 13.2 Å². The van der Waals surface area contributed by atoms with Crippen LogP contribution < -0.4 is 0 Å². The van der Waals surface area contributed by atoms with E-state index >= 15 is 0 Å². The van der Waals surface area contributed by atoms with Gasteiger partial charge in [-0.25, -0.2) is 22.0 Å². The van der Waals surface area contributed by atoms with Crippen LogP contribution in [0.4, 0.5) is 13.6 Å². The highest BCUT2D eigenvalue weighted by Crippen LogP contribution is 2.48.